The fourth-order valence-electron chi connectivity index (χ4n) is 2.57. The highest BCUT2D eigenvalue weighted by molar-refractivity contribution is 14.0. The van der Waals surface area contributed by atoms with Gasteiger partial charge in [0.25, 0.3) is 0 Å². The zero-order valence-corrected chi connectivity index (χ0v) is 18.1. The van der Waals surface area contributed by atoms with Gasteiger partial charge in [-0.05, 0) is 41.8 Å². The topological polar surface area (TPSA) is 53.9 Å². The lowest BCUT2D eigenvalue weighted by Crippen LogP contribution is -2.39. The zero-order valence-electron chi connectivity index (χ0n) is 15.7. The quantitative estimate of drug-likeness (QED) is 0.295. The third-order valence-electron chi connectivity index (χ3n) is 3.98. The second kappa shape index (κ2) is 11.5. The smallest absolute Gasteiger partial charge is 0.337 e. The van der Waals surface area contributed by atoms with Crippen LogP contribution in [0.2, 0.25) is 0 Å². The second-order valence-electron chi connectivity index (χ2n) is 5.90. The van der Waals surface area contributed by atoms with Gasteiger partial charge in [0, 0.05) is 27.2 Å². The van der Waals surface area contributed by atoms with Crippen molar-refractivity contribution in [3.63, 3.8) is 0 Å². The van der Waals surface area contributed by atoms with E-state index in [1.54, 1.807) is 31.3 Å². The van der Waals surface area contributed by atoms with Crippen LogP contribution in [0, 0.1) is 5.82 Å². The molecule has 0 spiro atoms. The van der Waals surface area contributed by atoms with Crippen molar-refractivity contribution in [3.05, 3.63) is 71.0 Å². The van der Waals surface area contributed by atoms with E-state index in [0.717, 1.165) is 23.5 Å². The van der Waals surface area contributed by atoms with E-state index >= 15 is 0 Å². The molecule has 0 aliphatic carbocycles. The summed E-state index contributed by atoms with van der Waals surface area (Å²) in [5.41, 5.74) is 2.66. The average Bonchev–Trinajstić information content (AvgIpc) is 2.66. The van der Waals surface area contributed by atoms with Gasteiger partial charge in [-0.1, -0.05) is 24.3 Å². The Balaban J connectivity index is 0.00000364. The first-order chi connectivity index (χ1) is 12.5. The Morgan fingerprint density at radius 1 is 1.11 bits per heavy atom. The molecule has 0 atom stereocenters. The molecule has 0 amide bonds. The Morgan fingerprint density at radius 2 is 1.70 bits per heavy atom. The minimum Gasteiger partial charge on any atom is -0.465 e. The van der Waals surface area contributed by atoms with Crippen LogP contribution in [0.1, 0.15) is 21.5 Å². The predicted molar refractivity (Wildman–Crippen MR) is 116 cm³/mol. The van der Waals surface area contributed by atoms with Crippen molar-refractivity contribution in [1.82, 2.24) is 10.2 Å². The molecule has 0 fully saturated rings. The summed E-state index contributed by atoms with van der Waals surface area (Å²) in [5, 5.41) is 3.31. The number of halogens is 2. The summed E-state index contributed by atoms with van der Waals surface area (Å²) in [6.45, 7) is 1.34. The molecule has 5 nitrogen and oxygen atoms in total. The van der Waals surface area contributed by atoms with Gasteiger partial charge in [0.15, 0.2) is 5.96 Å². The van der Waals surface area contributed by atoms with E-state index in [2.05, 4.69) is 10.3 Å². The number of carbonyl (C=O) groups excluding carboxylic acids is 1. The number of hydrogen-bond donors (Lipinski definition) is 1. The number of carbonyl (C=O) groups is 1. The van der Waals surface area contributed by atoms with Crippen molar-refractivity contribution in [2.75, 3.05) is 27.7 Å². The van der Waals surface area contributed by atoms with Gasteiger partial charge in [0.1, 0.15) is 5.82 Å². The van der Waals surface area contributed by atoms with Gasteiger partial charge in [-0.25, -0.2) is 9.18 Å². The number of aliphatic imine (C=N–C) groups is 1. The Hall–Kier alpha value is -2.16. The highest BCUT2D eigenvalue weighted by atomic mass is 127. The van der Waals surface area contributed by atoms with E-state index < -0.39 is 0 Å². The number of nitrogens with zero attached hydrogens (tertiary/aromatic N) is 2. The van der Waals surface area contributed by atoms with Gasteiger partial charge in [-0.2, -0.15) is 0 Å². The molecule has 7 heteroatoms. The number of rotatable bonds is 6. The van der Waals surface area contributed by atoms with E-state index in [-0.39, 0.29) is 35.8 Å². The van der Waals surface area contributed by atoms with E-state index in [0.29, 0.717) is 18.7 Å². The normalized spacial score (nSPS) is 10.7. The molecular weight excluding hydrogens is 460 g/mol. The second-order valence-corrected chi connectivity index (χ2v) is 5.90. The molecule has 0 saturated carbocycles. The monoisotopic (exact) mass is 485 g/mol. The lowest BCUT2D eigenvalue weighted by atomic mass is 10.1. The number of benzene rings is 2. The Bertz CT molecular complexity index is 749. The fourth-order valence-corrected chi connectivity index (χ4v) is 2.57. The lowest BCUT2D eigenvalue weighted by molar-refractivity contribution is 0.0600. The maximum atomic E-state index is 13.0. The van der Waals surface area contributed by atoms with Crippen LogP contribution in [-0.2, 0) is 17.7 Å². The third kappa shape index (κ3) is 7.16. The number of methoxy groups -OCH3 is 1. The first-order valence-electron chi connectivity index (χ1n) is 8.37. The van der Waals surface area contributed by atoms with Crippen LogP contribution in [0.4, 0.5) is 4.39 Å². The molecule has 0 radical (unpaired) electrons. The van der Waals surface area contributed by atoms with Gasteiger partial charge in [0.2, 0.25) is 0 Å². The van der Waals surface area contributed by atoms with Crippen molar-refractivity contribution in [3.8, 4) is 0 Å². The van der Waals surface area contributed by atoms with Crippen molar-refractivity contribution >= 4 is 35.9 Å². The summed E-state index contributed by atoms with van der Waals surface area (Å²) >= 11 is 0. The standard InChI is InChI=1S/C20H24FN3O2.HI/c1-22-20(24(2)14-16-6-10-18(21)11-7-16)23-13-12-15-4-8-17(9-5-15)19(25)26-3;/h4-11H,12-14H2,1-3H3,(H,22,23);1H. The Kier molecular flexibility index (Phi) is 9.77. The van der Waals surface area contributed by atoms with Gasteiger partial charge < -0.3 is 15.0 Å². The molecule has 2 aromatic carbocycles. The summed E-state index contributed by atoms with van der Waals surface area (Å²) < 4.78 is 17.7. The Labute approximate surface area is 176 Å². The van der Waals surface area contributed by atoms with E-state index in [1.165, 1.54) is 19.2 Å². The predicted octanol–water partition coefficient (Wildman–Crippen LogP) is 3.48. The minimum atomic E-state index is -0.336. The van der Waals surface area contributed by atoms with Gasteiger partial charge in [-0.3, -0.25) is 4.99 Å². The molecule has 146 valence electrons. The van der Waals surface area contributed by atoms with Crippen LogP contribution in [0.3, 0.4) is 0 Å². The summed E-state index contributed by atoms with van der Waals surface area (Å²) in [7, 11) is 5.03. The van der Waals surface area contributed by atoms with E-state index in [1.807, 2.05) is 24.1 Å². The van der Waals surface area contributed by atoms with Crippen molar-refractivity contribution < 1.29 is 13.9 Å². The lowest BCUT2D eigenvalue weighted by Gasteiger charge is -2.22. The largest absolute Gasteiger partial charge is 0.465 e. The summed E-state index contributed by atoms with van der Waals surface area (Å²) in [6.07, 6.45) is 0.796. The van der Waals surface area contributed by atoms with Crippen molar-refractivity contribution in [2.45, 2.75) is 13.0 Å². The van der Waals surface area contributed by atoms with Gasteiger partial charge >= 0.3 is 5.97 Å². The van der Waals surface area contributed by atoms with Crippen LogP contribution in [0.25, 0.3) is 0 Å². The highest BCUT2D eigenvalue weighted by Crippen LogP contribution is 2.07. The number of guanidine groups is 1. The molecule has 27 heavy (non-hydrogen) atoms. The van der Waals surface area contributed by atoms with E-state index in [4.69, 9.17) is 4.74 Å². The number of esters is 1. The molecule has 0 aliphatic heterocycles. The van der Waals surface area contributed by atoms with Crippen LogP contribution in [0.15, 0.2) is 53.5 Å². The zero-order chi connectivity index (χ0) is 18.9. The number of nitrogens with one attached hydrogen (secondary N) is 1. The van der Waals surface area contributed by atoms with Crippen LogP contribution < -0.4 is 5.32 Å². The maximum Gasteiger partial charge on any atom is 0.337 e. The van der Waals surface area contributed by atoms with Crippen molar-refractivity contribution in [1.29, 1.82) is 0 Å². The molecule has 2 rings (SSSR count). The maximum absolute atomic E-state index is 13.0. The highest BCUT2D eigenvalue weighted by Gasteiger charge is 2.07. The molecule has 0 aliphatic rings. The molecule has 1 N–H and O–H groups in total. The third-order valence-corrected chi connectivity index (χ3v) is 3.98. The summed E-state index contributed by atoms with van der Waals surface area (Å²) in [4.78, 5) is 17.7. The molecule has 0 unspecified atom stereocenters. The molecule has 0 saturated heterocycles. The first kappa shape index (κ1) is 22.9. The van der Waals surface area contributed by atoms with Crippen LogP contribution >= 0.6 is 24.0 Å². The first-order valence-corrected chi connectivity index (χ1v) is 8.37. The van der Waals surface area contributed by atoms with E-state index in [9.17, 15) is 9.18 Å². The fraction of sp³-hybridized carbons (Fsp3) is 0.300. The minimum absolute atomic E-state index is 0. The van der Waals surface area contributed by atoms with Crippen LogP contribution in [0.5, 0.6) is 0 Å². The van der Waals surface area contributed by atoms with Gasteiger partial charge in [0.05, 0.1) is 12.7 Å². The Morgan fingerprint density at radius 3 is 2.26 bits per heavy atom. The molecule has 0 aromatic heterocycles. The number of ether oxygens (including phenoxy) is 1. The molecular formula is C20H25FIN3O2. The SMILES string of the molecule is CN=C(NCCc1ccc(C(=O)OC)cc1)N(C)Cc1ccc(F)cc1.I. The molecule has 2 aromatic rings. The molecule has 0 bridgehead atoms. The average molecular weight is 485 g/mol. The number of hydrogen-bond acceptors (Lipinski definition) is 3. The van der Waals surface area contributed by atoms with Crippen molar-refractivity contribution in [2.24, 2.45) is 4.99 Å². The van der Waals surface area contributed by atoms with Crippen LogP contribution in [-0.4, -0.2) is 44.6 Å². The van der Waals surface area contributed by atoms with Gasteiger partial charge in [-0.15, -0.1) is 24.0 Å². The summed E-state index contributed by atoms with van der Waals surface area (Å²) in [6, 6.07) is 13.8. The molecule has 0 heterocycles. The summed E-state index contributed by atoms with van der Waals surface area (Å²) in [5.74, 6) is 0.190.